The average molecular weight is 197 g/mol. The Morgan fingerprint density at radius 2 is 2.07 bits per heavy atom. The predicted octanol–water partition coefficient (Wildman–Crippen LogP) is 2.64. The van der Waals surface area contributed by atoms with Gasteiger partial charge in [0.1, 0.15) is 11.6 Å². The lowest BCUT2D eigenvalue weighted by Gasteiger charge is -2.16. The fraction of sp³-hybridized carbons (Fsp3) is 0.455. The third-order valence-electron chi connectivity index (χ3n) is 2.70. The minimum Gasteiger partial charge on any atom is -0.313 e. The highest BCUT2D eigenvalue weighted by Gasteiger charge is 2.32. The maximum Gasteiger partial charge on any atom is 0.130 e. The van der Waals surface area contributed by atoms with E-state index >= 15 is 0 Å². The summed E-state index contributed by atoms with van der Waals surface area (Å²) in [5, 5.41) is 3.08. The fourth-order valence-corrected chi connectivity index (χ4v) is 1.83. The first-order valence-corrected chi connectivity index (χ1v) is 4.84. The van der Waals surface area contributed by atoms with E-state index in [-0.39, 0.29) is 6.04 Å². The molecule has 0 heterocycles. The van der Waals surface area contributed by atoms with Crippen molar-refractivity contribution in [2.45, 2.75) is 18.9 Å². The Morgan fingerprint density at radius 3 is 2.57 bits per heavy atom. The van der Waals surface area contributed by atoms with E-state index in [2.05, 4.69) is 5.32 Å². The summed E-state index contributed by atoms with van der Waals surface area (Å²) < 4.78 is 26.1. The molecule has 0 radical (unpaired) electrons. The number of nitrogens with one attached hydrogen (secondary N) is 1. The lowest BCUT2D eigenvalue weighted by molar-refractivity contribution is 0.486. The average Bonchev–Trinajstić information content (AvgIpc) is 2.93. The summed E-state index contributed by atoms with van der Waals surface area (Å²) in [6.07, 6.45) is 2.25. The zero-order chi connectivity index (χ0) is 10.1. The molecule has 3 heteroatoms. The van der Waals surface area contributed by atoms with Crippen LogP contribution in [0.15, 0.2) is 18.2 Å². The zero-order valence-corrected chi connectivity index (χ0v) is 8.06. The Balaban J connectivity index is 2.29. The van der Waals surface area contributed by atoms with Crippen LogP contribution in [0.5, 0.6) is 0 Å². The van der Waals surface area contributed by atoms with E-state index in [0.29, 0.717) is 11.5 Å². The van der Waals surface area contributed by atoms with Crippen molar-refractivity contribution in [2.75, 3.05) is 7.05 Å². The second kappa shape index (κ2) is 3.65. The van der Waals surface area contributed by atoms with Crippen LogP contribution in [0.1, 0.15) is 24.4 Å². The van der Waals surface area contributed by atoms with Gasteiger partial charge in [-0.3, -0.25) is 0 Å². The molecule has 1 aliphatic carbocycles. The van der Waals surface area contributed by atoms with Crippen LogP contribution >= 0.6 is 0 Å². The number of hydrogen-bond acceptors (Lipinski definition) is 1. The Bertz CT molecular complexity index is 334. The molecule has 0 aliphatic heterocycles. The maximum atomic E-state index is 13.4. The highest BCUT2D eigenvalue weighted by Crippen LogP contribution is 2.41. The molecule has 0 amide bonds. The van der Waals surface area contributed by atoms with E-state index in [4.69, 9.17) is 0 Å². The number of rotatable bonds is 3. The van der Waals surface area contributed by atoms with Crippen LogP contribution < -0.4 is 5.32 Å². The van der Waals surface area contributed by atoms with E-state index < -0.39 is 11.6 Å². The van der Waals surface area contributed by atoms with Gasteiger partial charge in [-0.15, -0.1) is 0 Å². The highest BCUT2D eigenvalue weighted by atomic mass is 19.1. The molecular weight excluding hydrogens is 184 g/mol. The Hall–Kier alpha value is -0.960. The van der Waals surface area contributed by atoms with Gasteiger partial charge in [-0.05, 0) is 31.9 Å². The van der Waals surface area contributed by atoms with E-state index in [1.807, 2.05) is 7.05 Å². The number of halogens is 2. The Labute approximate surface area is 82.1 Å². The van der Waals surface area contributed by atoms with Crippen LogP contribution in [0.25, 0.3) is 0 Å². The van der Waals surface area contributed by atoms with Gasteiger partial charge in [0.2, 0.25) is 0 Å². The monoisotopic (exact) mass is 197 g/mol. The van der Waals surface area contributed by atoms with Gasteiger partial charge in [0, 0.05) is 17.7 Å². The van der Waals surface area contributed by atoms with Crippen LogP contribution in [0.2, 0.25) is 0 Å². The maximum absolute atomic E-state index is 13.4. The van der Waals surface area contributed by atoms with Crippen molar-refractivity contribution in [1.29, 1.82) is 0 Å². The van der Waals surface area contributed by atoms with Crippen molar-refractivity contribution >= 4 is 0 Å². The molecule has 0 aromatic heterocycles. The summed E-state index contributed by atoms with van der Waals surface area (Å²) in [4.78, 5) is 0. The van der Waals surface area contributed by atoms with Crippen molar-refractivity contribution in [2.24, 2.45) is 5.92 Å². The van der Waals surface area contributed by atoms with E-state index in [1.165, 1.54) is 12.1 Å². The third-order valence-corrected chi connectivity index (χ3v) is 2.70. The lowest BCUT2D eigenvalue weighted by atomic mass is 10.0. The number of benzene rings is 1. The van der Waals surface area contributed by atoms with Gasteiger partial charge < -0.3 is 5.32 Å². The molecule has 1 atom stereocenters. The summed E-state index contributed by atoms with van der Waals surface area (Å²) in [6.45, 7) is 0. The lowest BCUT2D eigenvalue weighted by Crippen LogP contribution is -2.19. The molecule has 1 fully saturated rings. The van der Waals surface area contributed by atoms with Crippen molar-refractivity contribution in [3.05, 3.63) is 35.4 Å². The Kier molecular flexibility index (Phi) is 2.50. The molecule has 1 aromatic carbocycles. The van der Waals surface area contributed by atoms with Crippen LogP contribution in [0.4, 0.5) is 8.78 Å². The second-order valence-corrected chi connectivity index (χ2v) is 3.77. The van der Waals surface area contributed by atoms with Crippen LogP contribution in [-0.2, 0) is 0 Å². The zero-order valence-electron chi connectivity index (χ0n) is 8.06. The fourth-order valence-electron chi connectivity index (χ4n) is 1.83. The van der Waals surface area contributed by atoms with Crippen molar-refractivity contribution in [3.8, 4) is 0 Å². The molecule has 1 saturated carbocycles. The van der Waals surface area contributed by atoms with Crippen LogP contribution in [0, 0.1) is 17.6 Å². The van der Waals surface area contributed by atoms with Gasteiger partial charge in [-0.1, -0.05) is 6.07 Å². The van der Waals surface area contributed by atoms with E-state index in [1.54, 1.807) is 0 Å². The molecule has 76 valence electrons. The second-order valence-electron chi connectivity index (χ2n) is 3.77. The third kappa shape index (κ3) is 1.77. The molecule has 1 aliphatic rings. The SMILES string of the molecule is CNC(c1ccc(F)cc1F)C1CC1. The molecule has 1 aromatic rings. The van der Waals surface area contributed by atoms with E-state index in [9.17, 15) is 8.78 Å². The molecule has 14 heavy (non-hydrogen) atoms. The summed E-state index contributed by atoms with van der Waals surface area (Å²) in [7, 11) is 1.81. The molecular formula is C11H13F2N. The first-order chi connectivity index (χ1) is 6.72. The first kappa shape index (κ1) is 9.59. The summed E-state index contributed by atoms with van der Waals surface area (Å²) in [5.41, 5.74) is 0.580. The van der Waals surface area contributed by atoms with Crippen molar-refractivity contribution in [3.63, 3.8) is 0 Å². The molecule has 1 nitrogen and oxygen atoms in total. The van der Waals surface area contributed by atoms with Crippen molar-refractivity contribution < 1.29 is 8.78 Å². The topological polar surface area (TPSA) is 12.0 Å². The molecule has 1 N–H and O–H groups in total. The first-order valence-electron chi connectivity index (χ1n) is 4.84. The predicted molar refractivity (Wildman–Crippen MR) is 50.9 cm³/mol. The summed E-state index contributed by atoms with van der Waals surface area (Å²) in [5.74, 6) is -0.451. The normalized spacial score (nSPS) is 18.2. The number of hydrogen-bond donors (Lipinski definition) is 1. The van der Waals surface area contributed by atoms with E-state index in [0.717, 1.165) is 18.9 Å². The quantitative estimate of drug-likeness (QED) is 0.785. The van der Waals surface area contributed by atoms with Gasteiger partial charge in [0.05, 0.1) is 0 Å². The molecule has 1 unspecified atom stereocenters. The summed E-state index contributed by atoms with van der Waals surface area (Å²) >= 11 is 0. The standard InChI is InChI=1S/C11H13F2N/c1-14-11(7-2-3-7)9-5-4-8(12)6-10(9)13/h4-7,11,14H,2-3H2,1H3. The van der Waals surface area contributed by atoms with Crippen LogP contribution in [-0.4, -0.2) is 7.05 Å². The molecule has 0 spiro atoms. The smallest absolute Gasteiger partial charge is 0.130 e. The molecule has 2 rings (SSSR count). The molecule has 0 bridgehead atoms. The van der Waals surface area contributed by atoms with Gasteiger partial charge in [0.15, 0.2) is 0 Å². The Morgan fingerprint density at radius 1 is 1.36 bits per heavy atom. The largest absolute Gasteiger partial charge is 0.313 e. The minimum absolute atomic E-state index is 0.0376. The van der Waals surface area contributed by atoms with Gasteiger partial charge in [-0.2, -0.15) is 0 Å². The molecule has 0 saturated heterocycles. The van der Waals surface area contributed by atoms with Crippen LogP contribution in [0.3, 0.4) is 0 Å². The summed E-state index contributed by atoms with van der Waals surface area (Å²) in [6, 6.07) is 3.83. The van der Waals surface area contributed by atoms with Gasteiger partial charge in [0.25, 0.3) is 0 Å². The van der Waals surface area contributed by atoms with Crippen molar-refractivity contribution in [1.82, 2.24) is 5.32 Å². The minimum atomic E-state index is -0.517. The highest BCUT2D eigenvalue weighted by molar-refractivity contribution is 5.23. The van der Waals surface area contributed by atoms with Gasteiger partial charge >= 0.3 is 0 Å². The van der Waals surface area contributed by atoms with Gasteiger partial charge in [-0.25, -0.2) is 8.78 Å².